The predicted octanol–water partition coefficient (Wildman–Crippen LogP) is 2.19. The lowest BCUT2D eigenvalue weighted by atomic mass is 10.2. The molecule has 5 nitrogen and oxygen atoms in total. The molecule has 2 heterocycles. The van der Waals surface area contributed by atoms with Gasteiger partial charge < -0.3 is 9.26 Å². The minimum absolute atomic E-state index is 0.0328. The smallest absolute Gasteiger partial charge is 0.226 e. The number of hydrogen-bond donors (Lipinski definition) is 0. The summed E-state index contributed by atoms with van der Waals surface area (Å²) in [5.74, 6) is 2.39. The van der Waals surface area contributed by atoms with Gasteiger partial charge in [0.1, 0.15) is 6.10 Å². The molecule has 0 radical (unpaired) electrons. The van der Waals surface area contributed by atoms with Crippen molar-refractivity contribution in [2.75, 3.05) is 19.7 Å². The monoisotopic (exact) mass is 265 g/mol. The number of aromatic nitrogens is 2. The van der Waals surface area contributed by atoms with Crippen molar-refractivity contribution in [3.05, 3.63) is 11.7 Å². The lowest BCUT2D eigenvalue weighted by Crippen LogP contribution is -2.42. The molecule has 1 atom stereocenters. The van der Waals surface area contributed by atoms with E-state index in [9.17, 15) is 0 Å². The molecule has 0 bridgehead atoms. The SMILES string of the molecule is CC(C)N1CCOC(c2noc(CCC3CC3)n2)C1. The third-order valence-electron chi connectivity index (χ3n) is 4.06. The normalized spacial score (nSPS) is 25.1. The van der Waals surface area contributed by atoms with Crippen LogP contribution < -0.4 is 0 Å². The molecule has 19 heavy (non-hydrogen) atoms. The first-order valence-corrected chi connectivity index (χ1v) is 7.40. The number of aryl methyl sites for hydroxylation is 1. The van der Waals surface area contributed by atoms with E-state index in [1.54, 1.807) is 0 Å². The summed E-state index contributed by atoms with van der Waals surface area (Å²) in [4.78, 5) is 6.90. The Balaban J connectivity index is 1.57. The van der Waals surface area contributed by atoms with Crippen LogP contribution in [0, 0.1) is 5.92 Å². The Morgan fingerprint density at radius 1 is 1.37 bits per heavy atom. The van der Waals surface area contributed by atoms with Gasteiger partial charge in [-0.15, -0.1) is 0 Å². The predicted molar refractivity (Wildman–Crippen MR) is 70.7 cm³/mol. The number of morpholine rings is 1. The maximum absolute atomic E-state index is 5.77. The first kappa shape index (κ1) is 13.1. The largest absolute Gasteiger partial charge is 0.367 e. The van der Waals surface area contributed by atoms with Crippen LogP contribution in [0.25, 0.3) is 0 Å². The van der Waals surface area contributed by atoms with Crippen molar-refractivity contribution >= 4 is 0 Å². The van der Waals surface area contributed by atoms with E-state index < -0.39 is 0 Å². The number of hydrogen-bond acceptors (Lipinski definition) is 5. The fraction of sp³-hybridized carbons (Fsp3) is 0.857. The number of ether oxygens (including phenoxy) is 1. The van der Waals surface area contributed by atoms with Gasteiger partial charge in [0.25, 0.3) is 0 Å². The van der Waals surface area contributed by atoms with E-state index in [4.69, 9.17) is 9.26 Å². The van der Waals surface area contributed by atoms with Gasteiger partial charge in [0.2, 0.25) is 11.7 Å². The van der Waals surface area contributed by atoms with Crippen molar-refractivity contribution in [3.63, 3.8) is 0 Å². The van der Waals surface area contributed by atoms with Gasteiger partial charge in [-0.2, -0.15) is 4.98 Å². The molecule has 1 unspecified atom stereocenters. The second-order valence-electron chi connectivity index (χ2n) is 5.98. The van der Waals surface area contributed by atoms with Gasteiger partial charge >= 0.3 is 0 Å². The molecule has 3 rings (SSSR count). The minimum atomic E-state index is -0.0328. The summed E-state index contributed by atoms with van der Waals surface area (Å²) < 4.78 is 11.1. The first-order chi connectivity index (χ1) is 9.22. The molecule has 1 aliphatic heterocycles. The van der Waals surface area contributed by atoms with E-state index in [1.165, 1.54) is 19.3 Å². The molecule has 0 N–H and O–H groups in total. The summed E-state index contributed by atoms with van der Waals surface area (Å²) in [5.41, 5.74) is 0. The van der Waals surface area contributed by atoms with E-state index in [0.717, 1.165) is 43.8 Å². The molecule has 0 spiro atoms. The maximum atomic E-state index is 5.77. The van der Waals surface area contributed by atoms with Gasteiger partial charge in [-0.1, -0.05) is 18.0 Å². The highest BCUT2D eigenvalue weighted by molar-refractivity contribution is 4.95. The zero-order valence-corrected chi connectivity index (χ0v) is 11.8. The molecule has 1 aromatic rings. The van der Waals surface area contributed by atoms with E-state index in [2.05, 4.69) is 28.9 Å². The molecular formula is C14H23N3O2. The highest BCUT2D eigenvalue weighted by Crippen LogP contribution is 2.33. The van der Waals surface area contributed by atoms with Crippen molar-refractivity contribution in [2.24, 2.45) is 5.92 Å². The van der Waals surface area contributed by atoms with Crippen molar-refractivity contribution in [3.8, 4) is 0 Å². The summed E-state index contributed by atoms with van der Waals surface area (Å²) in [6.45, 7) is 7.01. The summed E-state index contributed by atoms with van der Waals surface area (Å²) in [6.07, 6.45) is 4.81. The third kappa shape index (κ3) is 3.34. The van der Waals surface area contributed by atoms with Crippen molar-refractivity contribution < 1.29 is 9.26 Å². The maximum Gasteiger partial charge on any atom is 0.226 e. The van der Waals surface area contributed by atoms with Gasteiger partial charge in [-0.25, -0.2) is 0 Å². The van der Waals surface area contributed by atoms with Crippen LogP contribution in [0.15, 0.2) is 4.52 Å². The van der Waals surface area contributed by atoms with Gasteiger partial charge in [-0.05, 0) is 26.2 Å². The zero-order valence-electron chi connectivity index (χ0n) is 11.8. The third-order valence-corrected chi connectivity index (χ3v) is 4.06. The summed E-state index contributed by atoms with van der Waals surface area (Å²) in [5, 5.41) is 4.09. The van der Waals surface area contributed by atoms with Crippen molar-refractivity contribution in [2.45, 2.75) is 51.7 Å². The summed E-state index contributed by atoms with van der Waals surface area (Å²) in [6, 6.07) is 0.535. The zero-order chi connectivity index (χ0) is 13.2. The molecule has 2 aliphatic rings. The average Bonchev–Trinajstić information content (AvgIpc) is 3.13. The van der Waals surface area contributed by atoms with Gasteiger partial charge in [0.15, 0.2) is 0 Å². The minimum Gasteiger partial charge on any atom is -0.367 e. The van der Waals surface area contributed by atoms with Gasteiger partial charge in [0, 0.05) is 25.6 Å². The van der Waals surface area contributed by atoms with Crippen LogP contribution in [-0.4, -0.2) is 40.8 Å². The fourth-order valence-corrected chi connectivity index (χ4v) is 2.53. The van der Waals surface area contributed by atoms with Crippen LogP contribution in [-0.2, 0) is 11.2 Å². The first-order valence-electron chi connectivity index (χ1n) is 7.40. The van der Waals surface area contributed by atoms with E-state index in [0.29, 0.717) is 6.04 Å². The summed E-state index contributed by atoms with van der Waals surface area (Å²) >= 11 is 0. The molecule has 0 amide bonds. The quantitative estimate of drug-likeness (QED) is 0.817. The fourth-order valence-electron chi connectivity index (χ4n) is 2.53. The van der Waals surface area contributed by atoms with E-state index in [1.807, 2.05) is 0 Å². The van der Waals surface area contributed by atoms with Crippen LogP contribution in [0.5, 0.6) is 0 Å². The molecule has 1 saturated carbocycles. The van der Waals surface area contributed by atoms with Crippen LogP contribution >= 0.6 is 0 Å². The van der Waals surface area contributed by atoms with Gasteiger partial charge in [0.05, 0.1) is 6.61 Å². The average molecular weight is 265 g/mol. The lowest BCUT2D eigenvalue weighted by Gasteiger charge is -2.34. The second kappa shape index (κ2) is 5.59. The number of nitrogens with zero attached hydrogens (tertiary/aromatic N) is 3. The van der Waals surface area contributed by atoms with Gasteiger partial charge in [-0.3, -0.25) is 4.90 Å². The molecule has 1 aliphatic carbocycles. The van der Waals surface area contributed by atoms with Crippen molar-refractivity contribution in [1.29, 1.82) is 0 Å². The number of rotatable bonds is 5. The van der Waals surface area contributed by atoms with Crippen LogP contribution in [0.3, 0.4) is 0 Å². The summed E-state index contributed by atoms with van der Waals surface area (Å²) in [7, 11) is 0. The Kier molecular flexibility index (Phi) is 3.84. The Bertz CT molecular complexity index is 415. The second-order valence-corrected chi connectivity index (χ2v) is 5.98. The van der Waals surface area contributed by atoms with Crippen molar-refractivity contribution in [1.82, 2.24) is 15.0 Å². The highest BCUT2D eigenvalue weighted by atomic mass is 16.5. The highest BCUT2D eigenvalue weighted by Gasteiger charge is 2.28. The Hall–Kier alpha value is -0.940. The molecule has 5 heteroatoms. The van der Waals surface area contributed by atoms with Crippen LogP contribution in [0.1, 0.15) is 50.9 Å². The van der Waals surface area contributed by atoms with Crippen LogP contribution in [0.2, 0.25) is 0 Å². The van der Waals surface area contributed by atoms with E-state index >= 15 is 0 Å². The standard InChI is InChI=1S/C14H23N3O2/c1-10(2)17-7-8-18-12(9-17)14-15-13(19-16-14)6-5-11-3-4-11/h10-12H,3-9H2,1-2H3. The van der Waals surface area contributed by atoms with E-state index in [-0.39, 0.29) is 6.10 Å². The molecule has 1 saturated heterocycles. The van der Waals surface area contributed by atoms with Crippen LogP contribution in [0.4, 0.5) is 0 Å². The topological polar surface area (TPSA) is 51.4 Å². The molecule has 106 valence electrons. The molecule has 1 aromatic heterocycles. The lowest BCUT2D eigenvalue weighted by molar-refractivity contribution is -0.0450. The molecule has 0 aromatic carbocycles. The Morgan fingerprint density at radius 2 is 2.21 bits per heavy atom. The Morgan fingerprint density at radius 3 is 2.95 bits per heavy atom. The Labute approximate surface area is 114 Å². The molecule has 2 fully saturated rings. The molecular weight excluding hydrogens is 242 g/mol.